The number of hydrogen-bond acceptors (Lipinski definition) is 38. The Labute approximate surface area is 803 Å². The van der Waals surface area contributed by atoms with Gasteiger partial charge in [0.15, 0.2) is 11.9 Å². The zero-order chi connectivity index (χ0) is 105. The molecule has 736 valence electrons. The molecule has 8 aliphatic heterocycles. The molecule has 0 aliphatic carbocycles. The van der Waals surface area contributed by atoms with E-state index in [0.717, 1.165) is 22.9 Å². The fourth-order valence-electron chi connectivity index (χ4n) is 14.3. The van der Waals surface area contributed by atoms with Gasteiger partial charge in [-0.3, -0.25) is 38.4 Å². The molecule has 8 aliphatic rings. The summed E-state index contributed by atoms with van der Waals surface area (Å²) in [6, 6.07) is 41.0. The molecular weight excluding hydrogens is 1910 g/mol. The minimum atomic E-state index is -1.31. The van der Waals surface area contributed by atoms with Crippen LogP contribution in [0.4, 0.5) is 0 Å². The van der Waals surface area contributed by atoms with E-state index in [0.29, 0.717) is 64.8 Å². The summed E-state index contributed by atoms with van der Waals surface area (Å²) in [5.41, 5.74) is 2.85. The standard InChI is InChI=1S/C18H10O4.C15H14O7.C13H10O7.C13H6O5.C12H8O7.C11H8O5.C9H4O5.C8H10O5/c1-9(19)10-6-7-12-11-4-2-3-5-13(11)15-16(14(12)8-10)18(21)22-17(15)20;16-12(17)4-2-1-3-7-21-13(18)9-5-6-10-11(8-9)15(20)22-14(10)19;1-6(4-10(14)15)19-11(16)7-2-3-8-9(5-7)13(18)20-12(8)17;14-11(15)7-2-1-6-4-9-10(5-8(6)3-7)13(17)18-12(9)16;1-5(9(13)14)18-10(15)6-2-3-7-8(4-6)12(17)19-11(7)16;12-9-5-8(11(15)16-9)6-1-3-7(4-2-6)10(13)14;10-7(11)4-1-2-5-6(3-4)9(13)14-8(5)12;9-6(10)3-1-2-5-4-7(11)13-8(5)12/h2-8H,1H3;5-6,8H,1-4,7H2,(H,16,17);2-3,5-6H,4H2,1H3,(H,14,15);1-5H,(H,14,15);2-5H,1H3,(H,13,14);1-4,8H,5H2,(H,13,14);1-3H,(H,10,11);5H,1-4H2,(H,9,10). The van der Waals surface area contributed by atoms with Crippen molar-refractivity contribution in [2.75, 3.05) is 6.61 Å². The van der Waals surface area contributed by atoms with Crippen molar-refractivity contribution in [2.45, 2.75) is 103 Å². The van der Waals surface area contributed by atoms with Crippen molar-refractivity contribution < 1.29 is 217 Å². The van der Waals surface area contributed by atoms with Crippen LogP contribution in [0.1, 0.15) is 293 Å². The van der Waals surface area contributed by atoms with Gasteiger partial charge >= 0.3 is 155 Å². The summed E-state index contributed by atoms with van der Waals surface area (Å²) in [6.07, 6.45) is 0.345. The van der Waals surface area contributed by atoms with Crippen molar-refractivity contribution in [3.8, 4) is 0 Å². The number of cyclic esters (lactones) is 16. The van der Waals surface area contributed by atoms with Crippen LogP contribution in [0.15, 0.2) is 170 Å². The number of Topliss-reactive ketones (excluding diaryl/α,β-unsaturated/α-hetero) is 1. The van der Waals surface area contributed by atoms with Crippen molar-refractivity contribution in [3.63, 3.8) is 0 Å². The number of aromatic carboxylic acids is 3. The molecule has 2 saturated heterocycles. The van der Waals surface area contributed by atoms with Crippen LogP contribution in [-0.2, 0) is 90.5 Å². The second-order valence-electron chi connectivity index (χ2n) is 31.3. The fraction of sp³-hybridized carbons (Fsp3) is 0.182. The van der Waals surface area contributed by atoms with Crippen molar-refractivity contribution in [1.82, 2.24) is 0 Å². The maximum absolute atomic E-state index is 12.1. The molecule has 4 atom stereocenters. The number of rotatable bonds is 23. The van der Waals surface area contributed by atoms with Crippen LogP contribution in [0.5, 0.6) is 0 Å². The highest BCUT2D eigenvalue weighted by molar-refractivity contribution is 6.31. The van der Waals surface area contributed by atoms with Gasteiger partial charge in [-0.2, -0.15) is 0 Å². The van der Waals surface area contributed by atoms with Crippen LogP contribution in [0.25, 0.3) is 32.3 Å². The zero-order valence-corrected chi connectivity index (χ0v) is 74.4. The van der Waals surface area contributed by atoms with E-state index in [1.807, 2.05) is 24.3 Å². The number of unbranched alkanes of at least 4 members (excludes halogenated alkanes) is 2. The van der Waals surface area contributed by atoms with Gasteiger partial charge in [-0.05, 0) is 206 Å². The van der Waals surface area contributed by atoms with Gasteiger partial charge in [-0.15, -0.1) is 0 Å². The molecule has 4 unspecified atom stereocenters. The lowest BCUT2D eigenvalue weighted by Gasteiger charge is -2.11. The fourth-order valence-corrected chi connectivity index (χ4v) is 14.3. The lowest BCUT2D eigenvalue weighted by molar-refractivity contribution is -0.154. The van der Waals surface area contributed by atoms with Gasteiger partial charge in [0.2, 0.25) is 0 Å². The van der Waals surface area contributed by atoms with Gasteiger partial charge in [-0.1, -0.05) is 54.6 Å². The predicted molar refractivity (Wildman–Crippen MR) is 472 cm³/mol. The number of ketones is 1. The average Bonchev–Trinajstić information content (AvgIpc) is 1.54. The Morgan fingerprint density at radius 3 is 1.15 bits per heavy atom. The quantitative estimate of drug-likeness (QED) is 0.00781. The molecule has 0 bridgehead atoms. The van der Waals surface area contributed by atoms with Gasteiger partial charge in [0.25, 0.3) is 0 Å². The first kappa shape index (κ1) is 105. The lowest BCUT2D eigenvalue weighted by atomic mass is 9.91. The van der Waals surface area contributed by atoms with Crippen LogP contribution >= 0.6 is 0 Å². The van der Waals surface area contributed by atoms with Gasteiger partial charge in [-0.25, -0.2) is 91.1 Å². The number of carbonyl (C=O) groups is 27. The van der Waals surface area contributed by atoms with E-state index in [-0.39, 0.29) is 145 Å². The summed E-state index contributed by atoms with van der Waals surface area (Å²) < 4.78 is 50.1. The highest BCUT2D eigenvalue weighted by Crippen LogP contribution is 2.39. The Morgan fingerprint density at radius 2 is 0.708 bits per heavy atom. The second kappa shape index (κ2) is 45.6. The SMILES string of the molecule is CC(=O)c1ccc2c(c1)c1c(c3ccccc32)C(=O)OC1=O.CC(CC(=O)O)OC(=O)c1ccc2c(c1)C(=O)OC2=O.CC(OC(=O)c1ccc2c(c1)C(=O)OC2=O)C(=O)O.O=C(O)CCCC1CC(=O)OC1=O.O=C(O)CCCCCOC(=O)c1ccc2c(c1)C(=O)OC2=O.O=C(O)c1ccc2c(c1)C(=O)OC2=O.O=C(O)c1ccc2cc3c(cc2c1)C(=O)OC3=O.O=C1CC(c2ccc(C(=O)O)cc2)C(=O)O1. The largest absolute Gasteiger partial charge is 0.481 e. The zero-order valence-electron chi connectivity index (χ0n) is 74.4. The number of esters is 19. The lowest BCUT2D eigenvalue weighted by Crippen LogP contribution is -2.23. The maximum Gasteiger partial charge on any atom is 0.347 e. The molecule has 0 spiro atoms. The summed E-state index contributed by atoms with van der Waals surface area (Å²) in [7, 11) is 0. The average molecular weight is 1980 g/mol. The van der Waals surface area contributed by atoms with E-state index >= 15 is 0 Å². The van der Waals surface area contributed by atoms with E-state index in [4.69, 9.17) is 50.0 Å². The number of aliphatic carboxylic acids is 4. The van der Waals surface area contributed by atoms with E-state index < -0.39 is 179 Å². The summed E-state index contributed by atoms with van der Waals surface area (Å²) in [5, 5.41) is 64.4. The van der Waals surface area contributed by atoms with Crippen LogP contribution in [0, 0.1) is 5.92 Å². The van der Waals surface area contributed by atoms with Crippen LogP contribution in [-0.4, -0.2) is 216 Å². The van der Waals surface area contributed by atoms with Gasteiger partial charge in [0, 0.05) is 18.4 Å². The molecule has 144 heavy (non-hydrogen) atoms. The van der Waals surface area contributed by atoms with Crippen LogP contribution < -0.4 is 0 Å². The summed E-state index contributed by atoms with van der Waals surface area (Å²) >= 11 is 0. The van der Waals surface area contributed by atoms with E-state index in [1.54, 1.807) is 24.3 Å². The topological polar surface area (TPSA) is 704 Å². The Bertz CT molecular complexity index is 7260. The Hall–Kier alpha value is -19.5. The number of benzene rings is 10. The number of hydrogen-bond donors (Lipinski definition) is 7. The molecule has 8 heterocycles. The molecular formula is C99H70O45. The highest BCUT2D eigenvalue weighted by Gasteiger charge is 2.40. The first-order chi connectivity index (χ1) is 68.2. The normalized spacial score (nSPS) is 15.1. The van der Waals surface area contributed by atoms with Crippen LogP contribution in [0.2, 0.25) is 0 Å². The van der Waals surface area contributed by atoms with Crippen LogP contribution in [0.3, 0.4) is 0 Å². The van der Waals surface area contributed by atoms with Gasteiger partial charge in [0.1, 0.15) is 6.10 Å². The van der Waals surface area contributed by atoms with Crippen molar-refractivity contribution in [2.24, 2.45) is 5.92 Å². The summed E-state index contributed by atoms with van der Waals surface area (Å²) in [4.78, 5) is 300. The van der Waals surface area contributed by atoms with E-state index in [1.165, 1.54) is 130 Å². The molecule has 2 fully saturated rings. The smallest absolute Gasteiger partial charge is 0.347 e. The number of carboxylic acids is 7. The second-order valence-corrected chi connectivity index (χ2v) is 31.3. The number of carbonyl (C=O) groups excluding carboxylic acids is 20. The monoisotopic (exact) mass is 1980 g/mol. The summed E-state index contributed by atoms with van der Waals surface area (Å²) in [6.45, 7) is 4.27. The third-order valence-corrected chi connectivity index (χ3v) is 21.4. The Balaban J connectivity index is 0.000000158. The molecule has 0 amide bonds. The van der Waals surface area contributed by atoms with Gasteiger partial charge < -0.3 is 87.9 Å². The molecule has 0 radical (unpaired) electrons. The Kier molecular flexibility index (Phi) is 33.2. The third-order valence-electron chi connectivity index (χ3n) is 21.4. The predicted octanol–water partition coefficient (Wildman–Crippen LogP) is 10.8. The van der Waals surface area contributed by atoms with Crippen molar-refractivity contribution in [1.29, 1.82) is 0 Å². The third kappa shape index (κ3) is 25.4. The maximum atomic E-state index is 12.1. The molecule has 10 aromatic rings. The molecule has 0 aromatic heterocycles. The molecule has 45 heteroatoms. The number of ether oxygens (including phenoxy) is 11. The first-order valence-electron chi connectivity index (χ1n) is 42.2. The molecule has 7 N–H and O–H groups in total. The summed E-state index contributed by atoms with van der Waals surface area (Å²) in [5.74, 6) is -21.8. The van der Waals surface area contributed by atoms with E-state index in [2.05, 4.69) is 37.9 Å². The van der Waals surface area contributed by atoms with Crippen molar-refractivity contribution in [3.05, 3.63) is 281 Å². The minimum absolute atomic E-state index is 0.00432. The first-order valence-corrected chi connectivity index (χ1v) is 42.2. The molecule has 45 nitrogen and oxygen atoms in total. The molecule has 0 saturated carbocycles. The van der Waals surface area contributed by atoms with Crippen molar-refractivity contribution >= 4 is 193 Å². The number of fused-ring (bicyclic) bond motifs is 12. The molecule has 18 rings (SSSR count). The Morgan fingerprint density at radius 1 is 0.326 bits per heavy atom. The van der Waals surface area contributed by atoms with E-state index in [9.17, 15) is 129 Å². The van der Waals surface area contributed by atoms with Gasteiger partial charge in [0.05, 0.1) is 138 Å². The highest BCUT2D eigenvalue weighted by atomic mass is 16.6. The minimum Gasteiger partial charge on any atom is -0.481 e. The number of carboxylic acid groups (broad SMARTS) is 7. The molecule has 10 aromatic carbocycles.